The minimum absolute atomic E-state index is 0.389. The number of rotatable bonds is 6. The average Bonchev–Trinajstić information content (AvgIpc) is 2.96. The molecule has 0 radical (unpaired) electrons. The summed E-state index contributed by atoms with van der Waals surface area (Å²) in [7, 11) is 0. The fraction of sp³-hybridized carbons (Fsp3) is 0.118. The minimum Gasteiger partial charge on any atom is -0.457 e. The molecule has 122 valence electrons. The van der Waals surface area contributed by atoms with E-state index in [1.54, 1.807) is 6.21 Å². The molecule has 0 bridgehead atoms. The number of hydrogen-bond donors (Lipinski definition) is 2. The Hall–Kier alpha value is -3.35. The van der Waals surface area contributed by atoms with Gasteiger partial charge in [-0.25, -0.2) is 10.1 Å². The highest BCUT2D eigenvalue weighted by Gasteiger charge is 2.05. The molecule has 7 nitrogen and oxygen atoms in total. The van der Waals surface area contributed by atoms with Gasteiger partial charge in [0, 0.05) is 6.42 Å². The first-order valence-corrected chi connectivity index (χ1v) is 7.57. The summed E-state index contributed by atoms with van der Waals surface area (Å²) in [6, 6.07) is 17.2. The van der Waals surface area contributed by atoms with E-state index >= 15 is 0 Å². The Labute approximate surface area is 139 Å². The second kappa shape index (κ2) is 7.28. The number of hydrogen-bond acceptors (Lipinski definition) is 6. The zero-order chi connectivity index (χ0) is 16.8. The largest absolute Gasteiger partial charge is 0.457 e. The molecule has 24 heavy (non-hydrogen) atoms. The molecule has 3 aromatic rings. The molecule has 0 saturated heterocycles. The highest BCUT2D eigenvalue weighted by molar-refractivity contribution is 5.80. The summed E-state index contributed by atoms with van der Waals surface area (Å²) in [5, 5.41) is 12.0. The van der Waals surface area contributed by atoms with Crippen molar-refractivity contribution >= 4 is 12.2 Å². The van der Waals surface area contributed by atoms with Crippen LogP contribution in [0.3, 0.4) is 0 Å². The van der Waals surface area contributed by atoms with E-state index in [-0.39, 0.29) is 0 Å². The summed E-state index contributed by atoms with van der Waals surface area (Å²) < 4.78 is 7.17. The van der Waals surface area contributed by atoms with Gasteiger partial charge in [-0.05, 0) is 29.8 Å². The molecule has 0 fully saturated rings. The first kappa shape index (κ1) is 15.5. The number of aryl methyl sites for hydroxylation is 1. The van der Waals surface area contributed by atoms with Gasteiger partial charge < -0.3 is 10.6 Å². The molecule has 0 spiro atoms. The number of aromatic nitrogens is 3. The lowest BCUT2D eigenvalue weighted by atomic mass is 10.2. The number of anilines is 1. The molecule has 2 aromatic carbocycles. The number of nitrogens with one attached hydrogen (secondary N) is 1. The summed E-state index contributed by atoms with van der Waals surface area (Å²) in [6.45, 7) is 1.96. The van der Waals surface area contributed by atoms with E-state index in [9.17, 15) is 0 Å². The van der Waals surface area contributed by atoms with Crippen LogP contribution in [-0.4, -0.2) is 21.1 Å². The number of ether oxygens (including phenoxy) is 1. The van der Waals surface area contributed by atoms with Crippen molar-refractivity contribution in [3.05, 3.63) is 66.0 Å². The monoisotopic (exact) mass is 322 g/mol. The first-order valence-electron chi connectivity index (χ1n) is 7.57. The van der Waals surface area contributed by atoms with Crippen LogP contribution in [0.4, 0.5) is 5.95 Å². The molecule has 3 N–H and O–H groups in total. The summed E-state index contributed by atoms with van der Waals surface area (Å²) >= 11 is 0. The molecule has 0 aliphatic heterocycles. The highest BCUT2D eigenvalue weighted by atomic mass is 16.5. The van der Waals surface area contributed by atoms with Crippen LogP contribution >= 0.6 is 0 Å². The number of nitrogens with zero attached hydrogens (tertiary/aromatic N) is 4. The number of benzene rings is 2. The molecule has 0 amide bonds. The standard InChI is InChI=1S/C17H18N6O/c1-2-16-20-22-17(23(16)18)21-19-12-13-7-6-10-15(11-13)24-14-8-4-3-5-9-14/h3-12H,2,18H2,1H3,(H,21,22)/b19-12-. The molecular formula is C17H18N6O. The zero-order valence-corrected chi connectivity index (χ0v) is 13.3. The van der Waals surface area contributed by atoms with Crippen molar-refractivity contribution in [1.29, 1.82) is 0 Å². The van der Waals surface area contributed by atoms with Crippen LogP contribution < -0.4 is 16.0 Å². The van der Waals surface area contributed by atoms with E-state index in [0.29, 0.717) is 18.2 Å². The van der Waals surface area contributed by atoms with E-state index < -0.39 is 0 Å². The molecule has 0 aliphatic carbocycles. The smallest absolute Gasteiger partial charge is 0.263 e. The number of para-hydroxylation sites is 1. The fourth-order valence-corrected chi connectivity index (χ4v) is 2.09. The molecule has 1 aromatic heterocycles. The Kier molecular flexibility index (Phi) is 4.71. The average molecular weight is 322 g/mol. The fourth-order valence-electron chi connectivity index (χ4n) is 2.09. The maximum atomic E-state index is 5.84. The van der Waals surface area contributed by atoms with Crippen LogP contribution in [0.15, 0.2) is 59.7 Å². The van der Waals surface area contributed by atoms with Gasteiger partial charge in [0.05, 0.1) is 6.21 Å². The van der Waals surface area contributed by atoms with E-state index in [2.05, 4.69) is 20.7 Å². The molecule has 0 atom stereocenters. The van der Waals surface area contributed by atoms with Gasteiger partial charge in [0.2, 0.25) is 0 Å². The van der Waals surface area contributed by atoms with Gasteiger partial charge in [-0.2, -0.15) is 5.10 Å². The van der Waals surface area contributed by atoms with Crippen molar-refractivity contribution in [1.82, 2.24) is 14.9 Å². The molecule has 7 heteroatoms. The normalized spacial score (nSPS) is 10.9. The lowest BCUT2D eigenvalue weighted by Gasteiger charge is -2.05. The van der Waals surface area contributed by atoms with Crippen molar-refractivity contribution in [2.24, 2.45) is 5.10 Å². The van der Waals surface area contributed by atoms with Gasteiger partial charge in [0.1, 0.15) is 11.5 Å². The predicted molar refractivity (Wildman–Crippen MR) is 93.7 cm³/mol. The van der Waals surface area contributed by atoms with Crippen molar-refractivity contribution in [3.8, 4) is 11.5 Å². The van der Waals surface area contributed by atoms with Crippen molar-refractivity contribution in [3.63, 3.8) is 0 Å². The third kappa shape index (κ3) is 3.70. The van der Waals surface area contributed by atoms with E-state index in [1.807, 2.05) is 61.5 Å². The van der Waals surface area contributed by atoms with Gasteiger partial charge >= 0.3 is 0 Å². The van der Waals surface area contributed by atoms with E-state index in [4.69, 9.17) is 10.6 Å². The Morgan fingerprint density at radius 3 is 2.67 bits per heavy atom. The zero-order valence-electron chi connectivity index (χ0n) is 13.3. The van der Waals surface area contributed by atoms with Crippen LogP contribution in [-0.2, 0) is 6.42 Å². The summed E-state index contributed by atoms with van der Waals surface area (Å²) in [5.74, 6) is 8.44. The number of hydrazone groups is 1. The lowest BCUT2D eigenvalue weighted by molar-refractivity contribution is 0.482. The third-order valence-electron chi connectivity index (χ3n) is 3.30. The minimum atomic E-state index is 0.389. The summed E-state index contributed by atoms with van der Waals surface area (Å²) in [5.41, 5.74) is 3.66. The van der Waals surface area contributed by atoms with Crippen LogP contribution in [0.2, 0.25) is 0 Å². The van der Waals surface area contributed by atoms with Gasteiger partial charge in [0.25, 0.3) is 5.95 Å². The van der Waals surface area contributed by atoms with Crippen molar-refractivity contribution in [2.45, 2.75) is 13.3 Å². The van der Waals surface area contributed by atoms with E-state index in [0.717, 1.165) is 17.1 Å². The van der Waals surface area contributed by atoms with Crippen LogP contribution in [0, 0.1) is 0 Å². The van der Waals surface area contributed by atoms with Crippen LogP contribution in [0.5, 0.6) is 11.5 Å². The van der Waals surface area contributed by atoms with Gasteiger partial charge in [-0.1, -0.05) is 37.3 Å². The second-order valence-corrected chi connectivity index (χ2v) is 5.02. The Balaban J connectivity index is 1.66. The maximum absolute atomic E-state index is 5.84. The molecule has 3 rings (SSSR count). The quantitative estimate of drug-likeness (QED) is 0.414. The number of nitrogen functional groups attached to an aromatic ring is 1. The Morgan fingerprint density at radius 2 is 1.92 bits per heavy atom. The topological polar surface area (TPSA) is 90.4 Å². The molecule has 1 heterocycles. The van der Waals surface area contributed by atoms with Gasteiger partial charge in [0.15, 0.2) is 5.82 Å². The second-order valence-electron chi connectivity index (χ2n) is 5.02. The molecular weight excluding hydrogens is 304 g/mol. The van der Waals surface area contributed by atoms with Crippen LogP contribution in [0.1, 0.15) is 18.3 Å². The highest BCUT2D eigenvalue weighted by Crippen LogP contribution is 2.21. The maximum Gasteiger partial charge on any atom is 0.263 e. The summed E-state index contributed by atoms with van der Waals surface area (Å²) in [4.78, 5) is 0. The van der Waals surface area contributed by atoms with Crippen LogP contribution in [0.25, 0.3) is 0 Å². The summed E-state index contributed by atoms with van der Waals surface area (Å²) in [6.07, 6.45) is 2.37. The number of nitrogens with two attached hydrogens (primary N) is 1. The van der Waals surface area contributed by atoms with Crippen molar-refractivity contribution < 1.29 is 4.74 Å². The molecule has 0 aliphatic rings. The molecule has 0 saturated carbocycles. The third-order valence-corrected chi connectivity index (χ3v) is 3.30. The SMILES string of the molecule is CCc1nnc(N/N=C\c2cccc(Oc3ccccc3)c2)n1N. The Bertz CT molecular complexity index is 828. The lowest BCUT2D eigenvalue weighted by Crippen LogP contribution is -2.14. The predicted octanol–water partition coefficient (Wildman–Crippen LogP) is 2.79. The first-order chi connectivity index (χ1) is 11.8. The van der Waals surface area contributed by atoms with Gasteiger partial charge in [-0.15, -0.1) is 10.2 Å². The Morgan fingerprint density at radius 1 is 1.12 bits per heavy atom. The molecule has 0 unspecified atom stereocenters. The van der Waals surface area contributed by atoms with E-state index in [1.165, 1.54) is 4.68 Å². The van der Waals surface area contributed by atoms with Gasteiger partial charge in [-0.3, -0.25) is 0 Å². The van der Waals surface area contributed by atoms with Crippen molar-refractivity contribution in [2.75, 3.05) is 11.3 Å².